The maximum absolute atomic E-state index is 5.56. The van der Waals surface area contributed by atoms with Gasteiger partial charge < -0.3 is 9.32 Å². The van der Waals surface area contributed by atoms with Gasteiger partial charge in [-0.25, -0.2) is 0 Å². The zero-order chi connectivity index (χ0) is 18.1. The van der Waals surface area contributed by atoms with Crippen molar-refractivity contribution in [2.75, 3.05) is 4.90 Å². The van der Waals surface area contributed by atoms with Gasteiger partial charge in [-0.3, -0.25) is 0 Å². The van der Waals surface area contributed by atoms with E-state index < -0.39 is 0 Å². The van der Waals surface area contributed by atoms with Crippen molar-refractivity contribution in [2.45, 2.75) is 13.1 Å². The summed E-state index contributed by atoms with van der Waals surface area (Å²) in [6.45, 7) is 1.39. The number of anilines is 1. The smallest absolute Gasteiger partial charge is 0.186 e. The standard InChI is InChI=1S/C19H15N5OS2/c1-3-15(25-8-1)11-23(12-16-4-2-9-27-16)18-6-5-17-20-21-19(24(17)22-18)14-7-10-26-13-14/h1-10,13H,11-12H2. The molecule has 5 aromatic heterocycles. The zero-order valence-electron chi connectivity index (χ0n) is 14.2. The molecule has 0 radical (unpaired) electrons. The molecule has 5 rings (SSSR count). The van der Waals surface area contributed by atoms with Crippen molar-refractivity contribution in [2.24, 2.45) is 0 Å². The lowest BCUT2D eigenvalue weighted by molar-refractivity contribution is 0.500. The largest absolute Gasteiger partial charge is 0.467 e. The van der Waals surface area contributed by atoms with Crippen LogP contribution in [0.3, 0.4) is 0 Å². The quantitative estimate of drug-likeness (QED) is 0.418. The second kappa shape index (κ2) is 6.98. The highest BCUT2D eigenvalue weighted by Crippen LogP contribution is 2.24. The molecule has 0 N–H and O–H groups in total. The van der Waals surface area contributed by atoms with Gasteiger partial charge in [0.05, 0.1) is 19.4 Å². The van der Waals surface area contributed by atoms with Gasteiger partial charge in [0.25, 0.3) is 0 Å². The van der Waals surface area contributed by atoms with E-state index in [0.29, 0.717) is 6.54 Å². The van der Waals surface area contributed by atoms with E-state index in [1.54, 1.807) is 33.5 Å². The average Bonchev–Trinajstić information content (AvgIpc) is 3.47. The Bertz CT molecular complexity index is 1090. The molecule has 5 heterocycles. The van der Waals surface area contributed by atoms with Gasteiger partial charge in [-0.2, -0.15) is 15.9 Å². The minimum absolute atomic E-state index is 0.638. The maximum Gasteiger partial charge on any atom is 0.186 e. The second-order valence-electron chi connectivity index (χ2n) is 6.01. The molecule has 0 fully saturated rings. The third-order valence-electron chi connectivity index (χ3n) is 4.21. The summed E-state index contributed by atoms with van der Waals surface area (Å²) in [5, 5.41) is 19.6. The first kappa shape index (κ1) is 16.2. The van der Waals surface area contributed by atoms with E-state index in [9.17, 15) is 0 Å². The normalized spacial score (nSPS) is 11.3. The Labute approximate surface area is 163 Å². The molecular formula is C19H15N5OS2. The Morgan fingerprint density at radius 2 is 2.00 bits per heavy atom. The van der Waals surface area contributed by atoms with Crippen LogP contribution in [-0.4, -0.2) is 19.8 Å². The van der Waals surface area contributed by atoms with Crippen LogP contribution >= 0.6 is 22.7 Å². The van der Waals surface area contributed by atoms with Gasteiger partial charge in [0.1, 0.15) is 11.6 Å². The fourth-order valence-electron chi connectivity index (χ4n) is 2.92. The number of nitrogens with zero attached hydrogens (tertiary/aromatic N) is 5. The van der Waals surface area contributed by atoms with Crippen LogP contribution in [0.15, 0.2) is 69.3 Å². The van der Waals surface area contributed by atoms with E-state index in [1.807, 2.05) is 35.7 Å². The molecule has 0 aromatic carbocycles. The Morgan fingerprint density at radius 3 is 2.78 bits per heavy atom. The molecule has 5 aromatic rings. The Hall–Kier alpha value is -2.97. The predicted molar refractivity (Wildman–Crippen MR) is 107 cm³/mol. The van der Waals surface area contributed by atoms with Crippen LogP contribution in [0.4, 0.5) is 5.82 Å². The first-order chi connectivity index (χ1) is 13.4. The minimum atomic E-state index is 0.638. The second-order valence-corrected chi connectivity index (χ2v) is 7.82. The average molecular weight is 393 g/mol. The van der Waals surface area contributed by atoms with E-state index >= 15 is 0 Å². The summed E-state index contributed by atoms with van der Waals surface area (Å²) in [5.74, 6) is 2.50. The van der Waals surface area contributed by atoms with Crippen LogP contribution in [0.5, 0.6) is 0 Å². The van der Waals surface area contributed by atoms with Gasteiger partial charge in [-0.15, -0.1) is 26.6 Å². The Balaban J connectivity index is 1.55. The number of aromatic nitrogens is 4. The van der Waals surface area contributed by atoms with Crippen molar-refractivity contribution in [1.82, 2.24) is 19.8 Å². The number of thiophene rings is 2. The van der Waals surface area contributed by atoms with Crippen molar-refractivity contribution in [1.29, 1.82) is 0 Å². The van der Waals surface area contributed by atoms with Crippen LogP contribution in [0.2, 0.25) is 0 Å². The van der Waals surface area contributed by atoms with Crippen LogP contribution in [0, 0.1) is 0 Å². The molecular weight excluding hydrogens is 378 g/mol. The molecule has 8 heteroatoms. The van der Waals surface area contributed by atoms with Gasteiger partial charge in [0, 0.05) is 15.8 Å². The van der Waals surface area contributed by atoms with E-state index in [0.717, 1.165) is 35.2 Å². The topological polar surface area (TPSA) is 59.5 Å². The molecule has 0 aliphatic heterocycles. The SMILES string of the molecule is c1coc(CN(Cc2cccs2)c2ccc3nnc(-c4ccsc4)n3n2)c1. The zero-order valence-corrected chi connectivity index (χ0v) is 15.9. The number of hydrogen-bond donors (Lipinski definition) is 0. The molecule has 0 bridgehead atoms. The molecule has 27 heavy (non-hydrogen) atoms. The third-order valence-corrected chi connectivity index (χ3v) is 5.75. The fraction of sp³-hybridized carbons (Fsp3) is 0.105. The third kappa shape index (κ3) is 3.24. The van der Waals surface area contributed by atoms with E-state index in [-0.39, 0.29) is 0 Å². The molecule has 0 aliphatic carbocycles. The van der Waals surface area contributed by atoms with Gasteiger partial charge in [0.2, 0.25) is 0 Å². The first-order valence-electron chi connectivity index (χ1n) is 8.41. The lowest BCUT2D eigenvalue weighted by atomic mass is 10.3. The number of rotatable bonds is 6. The summed E-state index contributed by atoms with van der Waals surface area (Å²) in [7, 11) is 0. The lowest BCUT2D eigenvalue weighted by Crippen LogP contribution is -2.23. The van der Waals surface area contributed by atoms with Gasteiger partial charge >= 0.3 is 0 Å². The molecule has 134 valence electrons. The van der Waals surface area contributed by atoms with Crippen molar-refractivity contribution < 1.29 is 4.42 Å². The van der Waals surface area contributed by atoms with Gasteiger partial charge in [-0.1, -0.05) is 6.07 Å². The summed E-state index contributed by atoms with van der Waals surface area (Å²) in [4.78, 5) is 3.46. The van der Waals surface area contributed by atoms with Crippen LogP contribution < -0.4 is 4.90 Å². The van der Waals surface area contributed by atoms with Crippen molar-refractivity contribution in [3.8, 4) is 11.4 Å². The van der Waals surface area contributed by atoms with Crippen molar-refractivity contribution >= 4 is 34.1 Å². The molecule has 0 aliphatic rings. The monoisotopic (exact) mass is 393 g/mol. The number of furan rings is 1. The first-order valence-corrected chi connectivity index (χ1v) is 10.2. The van der Waals surface area contributed by atoms with E-state index in [1.165, 1.54) is 4.88 Å². The van der Waals surface area contributed by atoms with Crippen molar-refractivity contribution in [3.05, 3.63) is 75.5 Å². The number of hydrogen-bond acceptors (Lipinski definition) is 7. The maximum atomic E-state index is 5.56. The molecule has 0 saturated heterocycles. The highest BCUT2D eigenvalue weighted by Gasteiger charge is 2.16. The minimum Gasteiger partial charge on any atom is -0.467 e. The summed E-state index contributed by atoms with van der Waals surface area (Å²) in [5.41, 5.74) is 1.75. The summed E-state index contributed by atoms with van der Waals surface area (Å²) in [6.07, 6.45) is 1.70. The molecule has 0 unspecified atom stereocenters. The Kier molecular flexibility index (Phi) is 4.19. The lowest BCUT2D eigenvalue weighted by Gasteiger charge is -2.22. The van der Waals surface area contributed by atoms with E-state index in [4.69, 9.17) is 9.52 Å². The molecule has 0 atom stereocenters. The predicted octanol–water partition coefficient (Wildman–Crippen LogP) is 4.71. The summed E-state index contributed by atoms with van der Waals surface area (Å²) in [6, 6.07) is 14.1. The molecule has 0 spiro atoms. The highest BCUT2D eigenvalue weighted by molar-refractivity contribution is 7.09. The van der Waals surface area contributed by atoms with Gasteiger partial charge in [0.15, 0.2) is 11.5 Å². The summed E-state index contributed by atoms with van der Waals surface area (Å²) >= 11 is 3.37. The Morgan fingerprint density at radius 1 is 1.00 bits per heavy atom. The molecule has 0 saturated carbocycles. The van der Waals surface area contributed by atoms with Crippen LogP contribution in [0.25, 0.3) is 17.0 Å². The number of fused-ring (bicyclic) bond motifs is 1. The summed E-state index contributed by atoms with van der Waals surface area (Å²) < 4.78 is 7.37. The van der Waals surface area contributed by atoms with Gasteiger partial charge in [-0.05, 0) is 47.2 Å². The molecule has 6 nitrogen and oxygen atoms in total. The van der Waals surface area contributed by atoms with Crippen LogP contribution in [-0.2, 0) is 13.1 Å². The molecule has 0 amide bonds. The van der Waals surface area contributed by atoms with E-state index in [2.05, 4.69) is 38.0 Å². The highest BCUT2D eigenvalue weighted by atomic mass is 32.1. The van der Waals surface area contributed by atoms with Crippen molar-refractivity contribution in [3.63, 3.8) is 0 Å². The van der Waals surface area contributed by atoms with Crippen LogP contribution in [0.1, 0.15) is 10.6 Å². The fourth-order valence-corrected chi connectivity index (χ4v) is 4.27.